The second-order valence-corrected chi connectivity index (χ2v) is 6.45. The second kappa shape index (κ2) is 5.37. The summed E-state index contributed by atoms with van der Waals surface area (Å²) in [5.41, 5.74) is 0. The molecule has 0 nitrogen and oxygen atoms in total. The molecule has 0 heteroatoms. The average Bonchev–Trinajstić information content (AvgIpc) is 2.71. The molecule has 2 aliphatic carbocycles. The Kier molecular flexibility index (Phi) is 4.11. The normalized spacial score (nSPS) is 33.8. The van der Waals surface area contributed by atoms with Gasteiger partial charge in [0.1, 0.15) is 0 Å². The molecule has 0 bridgehead atoms. The van der Waals surface area contributed by atoms with Gasteiger partial charge in [-0.25, -0.2) is 0 Å². The maximum atomic E-state index is 2.38. The standard InChI is InChI=1S/C15H28/c1-12(2)11-13-7-9-15(10-8-13)14-5-3-4-6-14/h12-15H,3-11H2,1-2H3. The van der Waals surface area contributed by atoms with Crippen molar-refractivity contribution in [2.45, 2.75) is 71.6 Å². The van der Waals surface area contributed by atoms with Gasteiger partial charge < -0.3 is 0 Å². The molecule has 0 amide bonds. The third-order valence-corrected chi connectivity index (χ3v) is 4.76. The summed E-state index contributed by atoms with van der Waals surface area (Å²) in [5, 5.41) is 0. The van der Waals surface area contributed by atoms with E-state index in [1.165, 1.54) is 19.3 Å². The molecule has 2 saturated carbocycles. The third kappa shape index (κ3) is 3.23. The van der Waals surface area contributed by atoms with Gasteiger partial charge in [-0.05, 0) is 42.9 Å². The van der Waals surface area contributed by atoms with Crippen LogP contribution in [0.5, 0.6) is 0 Å². The molecule has 0 unspecified atom stereocenters. The summed E-state index contributed by atoms with van der Waals surface area (Å²) >= 11 is 0. The molecule has 88 valence electrons. The van der Waals surface area contributed by atoms with Gasteiger partial charge >= 0.3 is 0 Å². The smallest absolute Gasteiger partial charge is 0.0386 e. The van der Waals surface area contributed by atoms with Gasteiger partial charge in [-0.15, -0.1) is 0 Å². The van der Waals surface area contributed by atoms with Crippen LogP contribution in [-0.4, -0.2) is 0 Å². The van der Waals surface area contributed by atoms with Gasteiger partial charge in [-0.1, -0.05) is 52.4 Å². The quantitative estimate of drug-likeness (QED) is 0.610. The van der Waals surface area contributed by atoms with E-state index in [-0.39, 0.29) is 0 Å². The van der Waals surface area contributed by atoms with E-state index in [9.17, 15) is 0 Å². The Morgan fingerprint density at radius 2 is 1.33 bits per heavy atom. The molecule has 15 heavy (non-hydrogen) atoms. The predicted octanol–water partition coefficient (Wildman–Crippen LogP) is 5.03. The molecule has 0 atom stereocenters. The van der Waals surface area contributed by atoms with Crippen molar-refractivity contribution < 1.29 is 0 Å². The third-order valence-electron chi connectivity index (χ3n) is 4.76. The van der Waals surface area contributed by atoms with Gasteiger partial charge in [-0.3, -0.25) is 0 Å². The van der Waals surface area contributed by atoms with Gasteiger partial charge in [-0.2, -0.15) is 0 Å². The first-order valence-electron chi connectivity index (χ1n) is 7.25. The lowest BCUT2D eigenvalue weighted by Gasteiger charge is -2.32. The fraction of sp³-hybridized carbons (Fsp3) is 1.00. The van der Waals surface area contributed by atoms with E-state index in [1.54, 1.807) is 38.5 Å². The summed E-state index contributed by atoms with van der Waals surface area (Å²) in [5.74, 6) is 4.24. The van der Waals surface area contributed by atoms with E-state index in [0.717, 1.165) is 23.7 Å². The van der Waals surface area contributed by atoms with Crippen molar-refractivity contribution in [1.29, 1.82) is 0 Å². The van der Waals surface area contributed by atoms with Crippen molar-refractivity contribution in [3.05, 3.63) is 0 Å². The summed E-state index contributed by atoms with van der Waals surface area (Å²) in [7, 11) is 0. The van der Waals surface area contributed by atoms with Crippen molar-refractivity contribution in [3.63, 3.8) is 0 Å². The zero-order valence-corrected chi connectivity index (χ0v) is 10.7. The maximum absolute atomic E-state index is 2.38. The number of rotatable bonds is 3. The molecule has 0 aromatic rings. The highest BCUT2D eigenvalue weighted by Crippen LogP contribution is 2.41. The lowest BCUT2D eigenvalue weighted by Crippen LogP contribution is -2.21. The van der Waals surface area contributed by atoms with Gasteiger partial charge in [0.15, 0.2) is 0 Å². The first-order chi connectivity index (χ1) is 7.25. The number of hydrogen-bond acceptors (Lipinski definition) is 0. The molecule has 0 radical (unpaired) electrons. The molecule has 0 saturated heterocycles. The van der Waals surface area contributed by atoms with E-state index < -0.39 is 0 Å². The highest BCUT2D eigenvalue weighted by Gasteiger charge is 2.29. The Morgan fingerprint density at radius 3 is 1.87 bits per heavy atom. The van der Waals surface area contributed by atoms with Gasteiger partial charge in [0.05, 0.1) is 0 Å². The largest absolute Gasteiger partial charge is 0.0628 e. The maximum Gasteiger partial charge on any atom is -0.0386 e. The summed E-state index contributed by atoms with van der Waals surface area (Å²) in [4.78, 5) is 0. The van der Waals surface area contributed by atoms with Crippen molar-refractivity contribution >= 4 is 0 Å². The van der Waals surface area contributed by atoms with Crippen LogP contribution in [0, 0.1) is 23.7 Å². The van der Waals surface area contributed by atoms with Crippen LogP contribution in [0.1, 0.15) is 71.6 Å². The van der Waals surface area contributed by atoms with Crippen LogP contribution in [0.15, 0.2) is 0 Å². The summed E-state index contributed by atoms with van der Waals surface area (Å²) < 4.78 is 0. The molecule has 0 aromatic carbocycles. The summed E-state index contributed by atoms with van der Waals surface area (Å²) in [6.07, 6.45) is 13.8. The minimum atomic E-state index is 0.915. The zero-order valence-electron chi connectivity index (χ0n) is 10.7. The van der Waals surface area contributed by atoms with Gasteiger partial charge in [0, 0.05) is 0 Å². The van der Waals surface area contributed by atoms with Crippen LogP contribution in [0.2, 0.25) is 0 Å². The summed E-state index contributed by atoms with van der Waals surface area (Å²) in [6, 6.07) is 0. The van der Waals surface area contributed by atoms with Crippen LogP contribution < -0.4 is 0 Å². The first kappa shape index (κ1) is 11.5. The van der Waals surface area contributed by atoms with Crippen molar-refractivity contribution in [2.75, 3.05) is 0 Å². The molecule has 0 spiro atoms. The van der Waals surface area contributed by atoms with Crippen LogP contribution in [0.25, 0.3) is 0 Å². The van der Waals surface area contributed by atoms with Crippen molar-refractivity contribution in [2.24, 2.45) is 23.7 Å². The minimum Gasteiger partial charge on any atom is -0.0628 e. The lowest BCUT2D eigenvalue weighted by molar-refractivity contribution is 0.190. The number of hydrogen-bond donors (Lipinski definition) is 0. The Bertz CT molecular complexity index is 168. The van der Waals surface area contributed by atoms with E-state index in [1.807, 2.05) is 0 Å². The topological polar surface area (TPSA) is 0 Å². The fourth-order valence-electron chi connectivity index (χ4n) is 3.99. The molecule has 2 rings (SSSR count). The fourth-order valence-corrected chi connectivity index (χ4v) is 3.99. The Balaban J connectivity index is 1.71. The molecule has 0 aliphatic heterocycles. The molecule has 0 heterocycles. The highest BCUT2D eigenvalue weighted by atomic mass is 14.3. The summed E-state index contributed by atoms with van der Waals surface area (Å²) in [6.45, 7) is 4.76. The Hall–Kier alpha value is 0. The average molecular weight is 208 g/mol. The Labute approximate surface area is 95.8 Å². The monoisotopic (exact) mass is 208 g/mol. The SMILES string of the molecule is CC(C)CC1CCC(C2CCCC2)CC1. The van der Waals surface area contributed by atoms with E-state index in [0.29, 0.717) is 0 Å². The highest BCUT2D eigenvalue weighted by molar-refractivity contribution is 4.81. The van der Waals surface area contributed by atoms with Crippen LogP contribution in [-0.2, 0) is 0 Å². The van der Waals surface area contributed by atoms with Gasteiger partial charge in [0.2, 0.25) is 0 Å². The van der Waals surface area contributed by atoms with Crippen molar-refractivity contribution in [3.8, 4) is 0 Å². The predicted molar refractivity (Wildman–Crippen MR) is 66.9 cm³/mol. The second-order valence-electron chi connectivity index (χ2n) is 6.45. The molecule has 2 aliphatic rings. The minimum absolute atomic E-state index is 0.915. The van der Waals surface area contributed by atoms with E-state index in [2.05, 4.69) is 13.8 Å². The van der Waals surface area contributed by atoms with Crippen LogP contribution in [0.3, 0.4) is 0 Å². The van der Waals surface area contributed by atoms with Gasteiger partial charge in [0.25, 0.3) is 0 Å². The molecular weight excluding hydrogens is 180 g/mol. The molecular formula is C15H28. The first-order valence-corrected chi connectivity index (χ1v) is 7.25. The van der Waals surface area contributed by atoms with Crippen molar-refractivity contribution in [1.82, 2.24) is 0 Å². The molecule has 0 aromatic heterocycles. The van der Waals surface area contributed by atoms with E-state index >= 15 is 0 Å². The molecule has 0 N–H and O–H groups in total. The Morgan fingerprint density at radius 1 is 0.800 bits per heavy atom. The zero-order chi connectivity index (χ0) is 10.7. The van der Waals surface area contributed by atoms with Crippen LogP contribution >= 0.6 is 0 Å². The van der Waals surface area contributed by atoms with Crippen LogP contribution in [0.4, 0.5) is 0 Å². The lowest BCUT2D eigenvalue weighted by atomic mass is 9.73. The van der Waals surface area contributed by atoms with E-state index in [4.69, 9.17) is 0 Å². The molecule has 2 fully saturated rings.